The Morgan fingerprint density at radius 3 is 2.59 bits per heavy atom. The van der Waals surface area contributed by atoms with Crippen molar-refractivity contribution in [3.8, 4) is 11.5 Å². The fraction of sp³-hybridized carbons (Fsp3) is 0.125. The average molecular weight is 300 g/mol. The standard InChI is InChI=1S/C16H16N2O4/c1-22-14-8-3-2-5-11(14)10-15(20)17-18-16(21)12-6-4-7-13(19)9-12/h2-9,19H,10H2,1H3,(H,17,20)(H,18,21). The summed E-state index contributed by atoms with van der Waals surface area (Å²) < 4.78 is 5.16. The molecule has 114 valence electrons. The van der Waals surface area contributed by atoms with Gasteiger partial charge in [-0.2, -0.15) is 0 Å². The highest BCUT2D eigenvalue weighted by Gasteiger charge is 2.10. The van der Waals surface area contributed by atoms with Crippen LogP contribution in [0.4, 0.5) is 0 Å². The third kappa shape index (κ3) is 3.99. The number of benzene rings is 2. The number of phenolic OH excluding ortho intramolecular Hbond substituents is 1. The molecule has 2 aromatic rings. The minimum Gasteiger partial charge on any atom is -0.508 e. The second-order valence-corrected chi connectivity index (χ2v) is 4.54. The summed E-state index contributed by atoms with van der Waals surface area (Å²) >= 11 is 0. The highest BCUT2D eigenvalue weighted by atomic mass is 16.5. The van der Waals surface area contributed by atoms with Crippen LogP contribution in [0.3, 0.4) is 0 Å². The van der Waals surface area contributed by atoms with Gasteiger partial charge in [0.15, 0.2) is 0 Å². The van der Waals surface area contributed by atoms with Gasteiger partial charge in [0.1, 0.15) is 11.5 Å². The van der Waals surface area contributed by atoms with Crippen LogP contribution in [0.5, 0.6) is 11.5 Å². The molecule has 0 unspecified atom stereocenters. The van der Waals surface area contributed by atoms with E-state index in [9.17, 15) is 14.7 Å². The predicted octanol–water partition coefficient (Wildman–Crippen LogP) is 1.40. The van der Waals surface area contributed by atoms with Crippen molar-refractivity contribution in [3.05, 3.63) is 59.7 Å². The van der Waals surface area contributed by atoms with Crippen LogP contribution >= 0.6 is 0 Å². The van der Waals surface area contributed by atoms with Crippen molar-refractivity contribution in [1.82, 2.24) is 10.9 Å². The van der Waals surface area contributed by atoms with Crippen LogP contribution in [0, 0.1) is 0 Å². The van der Waals surface area contributed by atoms with E-state index in [-0.39, 0.29) is 23.6 Å². The van der Waals surface area contributed by atoms with Crippen LogP contribution < -0.4 is 15.6 Å². The lowest BCUT2D eigenvalue weighted by molar-refractivity contribution is -0.121. The van der Waals surface area contributed by atoms with Gasteiger partial charge in [-0.15, -0.1) is 0 Å². The van der Waals surface area contributed by atoms with Crippen LogP contribution in [0.15, 0.2) is 48.5 Å². The summed E-state index contributed by atoms with van der Waals surface area (Å²) in [6.45, 7) is 0. The average Bonchev–Trinajstić information content (AvgIpc) is 2.53. The molecule has 2 amide bonds. The molecule has 0 saturated carbocycles. The first-order valence-electron chi connectivity index (χ1n) is 6.60. The first-order valence-corrected chi connectivity index (χ1v) is 6.60. The van der Waals surface area contributed by atoms with Gasteiger partial charge in [0.2, 0.25) is 5.91 Å². The molecule has 0 aliphatic carbocycles. The van der Waals surface area contributed by atoms with Gasteiger partial charge in [-0.3, -0.25) is 20.4 Å². The highest BCUT2D eigenvalue weighted by molar-refractivity contribution is 5.95. The van der Waals surface area contributed by atoms with E-state index in [4.69, 9.17) is 4.74 Å². The Hall–Kier alpha value is -3.02. The molecule has 6 nitrogen and oxygen atoms in total. The maximum Gasteiger partial charge on any atom is 0.269 e. The van der Waals surface area contributed by atoms with Crippen molar-refractivity contribution < 1.29 is 19.4 Å². The third-order valence-electron chi connectivity index (χ3n) is 2.97. The number of nitrogens with one attached hydrogen (secondary N) is 2. The number of para-hydroxylation sites is 1. The number of carbonyl (C=O) groups excluding carboxylic acids is 2. The van der Waals surface area contributed by atoms with Gasteiger partial charge in [0.25, 0.3) is 5.91 Å². The highest BCUT2D eigenvalue weighted by Crippen LogP contribution is 2.17. The summed E-state index contributed by atoms with van der Waals surface area (Å²) in [4.78, 5) is 23.7. The summed E-state index contributed by atoms with van der Waals surface area (Å²) in [6.07, 6.45) is 0.0737. The number of hydrogen-bond acceptors (Lipinski definition) is 4. The number of ether oxygens (including phenoxy) is 1. The van der Waals surface area contributed by atoms with Crippen molar-refractivity contribution in [2.75, 3.05) is 7.11 Å². The number of rotatable bonds is 4. The van der Waals surface area contributed by atoms with Crippen LogP contribution in [0.2, 0.25) is 0 Å². The van der Waals surface area contributed by atoms with Crippen LogP contribution in [0.1, 0.15) is 15.9 Å². The van der Waals surface area contributed by atoms with Crippen LogP contribution in [-0.4, -0.2) is 24.0 Å². The largest absolute Gasteiger partial charge is 0.508 e. The number of amides is 2. The second kappa shape index (κ2) is 7.12. The molecule has 6 heteroatoms. The topological polar surface area (TPSA) is 87.7 Å². The zero-order valence-electron chi connectivity index (χ0n) is 12.0. The van der Waals surface area contributed by atoms with Crippen molar-refractivity contribution in [3.63, 3.8) is 0 Å². The van der Waals surface area contributed by atoms with Gasteiger partial charge in [-0.25, -0.2) is 0 Å². The van der Waals surface area contributed by atoms with E-state index in [2.05, 4.69) is 10.9 Å². The predicted molar refractivity (Wildman–Crippen MR) is 80.4 cm³/mol. The lowest BCUT2D eigenvalue weighted by Gasteiger charge is -2.10. The molecule has 0 fully saturated rings. The Labute approximate surface area is 127 Å². The maximum atomic E-state index is 11.9. The molecule has 2 aromatic carbocycles. The molecule has 0 aromatic heterocycles. The van der Waals surface area contributed by atoms with Crippen LogP contribution in [-0.2, 0) is 11.2 Å². The minimum absolute atomic E-state index is 0.0204. The number of carbonyl (C=O) groups is 2. The van der Waals surface area contributed by atoms with E-state index < -0.39 is 5.91 Å². The monoisotopic (exact) mass is 300 g/mol. The van der Waals surface area contributed by atoms with E-state index in [1.807, 2.05) is 6.07 Å². The molecule has 0 heterocycles. The molecule has 22 heavy (non-hydrogen) atoms. The molecule has 0 radical (unpaired) electrons. The molecular weight excluding hydrogens is 284 g/mol. The molecule has 0 saturated heterocycles. The molecule has 0 spiro atoms. The van der Waals surface area contributed by atoms with Crippen molar-refractivity contribution in [2.24, 2.45) is 0 Å². The summed E-state index contributed by atoms with van der Waals surface area (Å²) in [5.41, 5.74) is 5.58. The summed E-state index contributed by atoms with van der Waals surface area (Å²) in [7, 11) is 1.53. The Kier molecular flexibility index (Phi) is 4.98. The van der Waals surface area contributed by atoms with Crippen molar-refractivity contribution >= 4 is 11.8 Å². The van der Waals surface area contributed by atoms with Gasteiger partial charge >= 0.3 is 0 Å². The Morgan fingerprint density at radius 2 is 1.86 bits per heavy atom. The fourth-order valence-electron chi connectivity index (χ4n) is 1.91. The van der Waals surface area contributed by atoms with Gasteiger partial charge in [0.05, 0.1) is 13.5 Å². The van der Waals surface area contributed by atoms with E-state index in [1.54, 1.807) is 24.3 Å². The van der Waals surface area contributed by atoms with Crippen molar-refractivity contribution in [2.45, 2.75) is 6.42 Å². The Morgan fingerprint density at radius 1 is 1.09 bits per heavy atom. The van der Waals surface area contributed by atoms with Gasteiger partial charge in [-0.05, 0) is 24.3 Å². The molecule has 3 N–H and O–H groups in total. The van der Waals surface area contributed by atoms with Gasteiger partial charge < -0.3 is 9.84 Å². The molecule has 2 rings (SSSR count). The normalized spacial score (nSPS) is 9.86. The number of phenols is 1. The Balaban J connectivity index is 1.91. The fourth-order valence-corrected chi connectivity index (χ4v) is 1.91. The third-order valence-corrected chi connectivity index (χ3v) is 2.97. The zero-order valence-corrected chi connectivity index (χ0v) is 12.0. The number of hydrogen-bond donors (Lipinski definition) is 3. The summed E-state index contributed by atoms with van der Waals surface area (Å²) in [5.74, 6) is -0.299. The zero-order chi connectivity index (χ0) is 15.9. The lowest BCUT2D eigenvalue weighted by Crippen LogP contribution is -2.42. The number of methoxy groups -OCH3 is 1. The smallest absolute Gasteiger partial charge is 0.269 e. The van der Waals surface area contributed by atoms with Gasteiger partial charge in [0, 0.05) is 11.1 Å². The maximum absolute atomic E-state index is 11.9. The molecule has 0 atom stereocenters. The first-order chi connectivity index (χ1) is 10.6. The Bertz CT molecular complexity index is 685. The van der Waals surface area contributed by atoms with E-state index in [0.29, 0.717) is 11.3 Å². The van der Waals surface area contributed by atoms with Crippen molar-refractivity contribution in [1.29, 1.82) is 0 Å². The summed E-state index contributed by atoms with van der Waals surface area (Å²) in [5, 5.41) is 9.31. The molecule has 0 aliphatic heterocycles. The minimum atomic E-state index is -0.510. The SMILES string of the molecule is COc1ccccc1CC(=O)NNC(=O)c1cccc(O)c1. The first kappa shape index (κ1) is 15.4. The summed E-state index contributed by atoms with van der Waals surface area (Å²) in [6, 6.07) is 13.0. The number of hydrazine groups is 1. The van der Waals surface area contributed by atoms with Gasteiger partial charge in [-0.1, -0.05) is 24.3 Å². The quantitative estimate of drug-likeness (QED) is 0.745. The lowest BCUT2D eigenvalue weighted by atomic mass is 10.1. The second-order valence-electron chi connectivity index (χ2n) is 4.54. The molecule has 0 bridgehead atoms. The molecular formula is C16H16N2O4. The van der Waals surface area contributed by atoms with E-state index in [1.165, 1.54) is 25.3 Å². The van der Waals surface area contributed by atoms with E-state index >= 15 is 0 Å². The van der Waals surface area contributed by atoms with Crippen LogP contribution in [0.25, 0.3) is 0 Å². The van der Waals surface area contributed by atoms with E-state index in [0.717, 1.165) is 0 Å². The molecule has 0 aliphatic rings. The number of aromatic hydroxyl groups is 1.